The number of aromatic nitrogens is 2. The van der Waals surface area contributed by atoms with Gasteiger partial charge in [-0.1, -0.05) is 29.4 Å². The van der Waals surface area contributed by atoms with Gasteiger partial charge in [0.05, 0.1) is 10.8 Å². The molecule has 4 rings (SSSR count). The Kier molecular flexibility index (Phi) is 4.73. The summed E-state index contributed by atoms with van der Waals surface area (Å²) in [5, 5.41) is 21.0. The van der Waals surface area contributed by atoms with Gasteiger partial charge in [-0.2, -0.15) is 0 Å². The van der Waals surface area contributed by atoms with Crippen molar-refractivity contribution in [2.75, 3.05) is 16.8 Å². The van der Waals surface area contributed by atoms with E-state index in [4.69, 9.17) is 4.42 Å². The molecule has 2 aromatic carbocycles. The summed E-state index contributed by atoms with van der Waals surface area (Å²) in [6, 6.07) is 14.4. The van der Waals surface area contributed by atoms with Crippen molar-refractivity contribution in [1.82, 2.24) is 10.2 Å². The van der Waals surface area contributed by atoms with Crippen molar-refractivity contribution < 1.29 is 18.9 Å². The lowest BCUT2D eigenvalue weighted by atomic mass is 10.1. The second-order valence-electron chi connectivity index (χ2n) is 6.45. The van der Waals surface area contributed by atoms with E-state index in [0.717, 1.165) is 11.8 Å². The maximum atomic E-state index is 12.3. The molecule has 29 heavy (non-hydrogen) atoms. The van der Waals surface area contributed by atoms with Crippen LogP contribution in [0.3, 0.4) is 0 Å². The van der Waals surface area contributed by atoms with Gasteiger partial charge in [-0.3, -0.25) is 25.0 Å². The van der Waals surface area contributed by atoms with E-state index in [1.165, 1.54) is 18.2 Å². The molecule has 2 heterocycles. The number of amides is 2. The number of nitro groups is 1. The van der Waals surface area contributed by atoms with Crippen LogP contribution in [0, 0.1) is 10.1 Å². The fourth-order valence-corrected chi connectivity index (χ4v) is 3.11. The molecule has 0 aliphatic carbocycles. The van der Waals surface area contributed by atoms with E-state index in [-0.39, 0.29) is 41.4 Å². The number of anilines is 2. The van der Waals surface area contributed by atoms with Crippen LogP contribution in [0.4, 0.5) is 17.4 Å². The Labute approximate surface area is 164 Å². The van der Waals surface area contributed by atoms with Crippen molar-refractivity contribution >= 4 is 29.2 Å². The summed E-state index contributed by atoms with van der Waals surface area (Å²) in [7, 11) is 0. The molecule has 1 N–H and O–H groups in total. The van der Waals surface area contributed by atoms with Crippen LogP contribution >= 0.6 is 0 Å². The average molecular weight is 393 g/mol. The van der Waals surface area contributed by atoms with Gasteiger partial charge in [0.1, 0.15) is 0 Å². The number of rotatable bonds is 5. The first kappa shape index (κ1) is 18.3. The fraction of sp³-hybridized carbons (Fsp3) is 0.158. The molecule has 0 bridgehead atoms. The molecule has 1 unspecified atom stereocenters. The molecule has 2 amide bonds. The summed E-state index contributed by atoms with van der Waals surface area (Å²) >= 11 is 0. The van der Waals surface area contributed by atoms with Crippen LogP contribution in [0.1, 0.15) is 28.6 Å². The predicted octanol–water partition coefficient (Wildman–Crippen LogP) is 2.75. The van der Waals surface area contributed by atoms with Crippen LogP contribution in [0.2, 0.25) is 0 Å². The zero-order valence-electron chi connectivity index (χ0n) is 15.0. The van der Waals surface area contributed by atoms with Gasteiger partial charge in [-0.05, 0) is 18.2 Å². The average Bonchev–Trinajstić information content (AvgIpc) is 3.35. The molecule has 1 fully saturated rings. The summed E-state index contributed by atoms with van der Waals surface area (Å²) in [5.41, 5.74) is 0.679. The molecule has 0 radical (unpaired) electrons. The highest BCUT2D eigenvalue weighted by Gasteiger charge is 2.35. The molecule has 1 atom stereocenters. The fourth-order valence-electron chi connectivity index (χ4n) is 3.11. The number of carbonyl (C=O) groups is 2. The number of benzene rings is 2. The minimum absolute atomic E-state index is 0.0541. The van der Waals surface area contributed by atoms with E-state index in [1.54, 1.807) is 4.90 Å². The lowest BCUT2D eigenvalue weighted by Gasteiger charge is -2.15. The Morgan fingerprint density at radius 2 is 1.97 bits per heavy atom. The number of nitro benzene ring substituents is 1. The second-order valence-corrected chi connectivity index (χ2v) is 6.45. The summed E-state index contributed by atoms with van der Waals surface area (Å²) in [6.07, 6.45) is 0.218. The third kappa shape index (κ3) is 3.81. The molecule has 1 aliphatic heterocycles. The lowest BCUT2D eigenvalue weighted by molar-refractivity contribution is -0.384. The Bertz CT molecular complexity index is 1080. The number of hydrogen-bond donors (Lipinski definition) is 1. The van der Waals surface area contributed by atoms with Crippen molar-refractivity contribution in [2.45, 2.75) is 12.3 Å². The number of nitrogens with zero attached hydrogens (tertiary/aromatic N) is 4. The van der Waals surface area contributed by atoms with E-state index >= 15 is 0 Å². The van der Waals surface area contributed by atoms with Crippen LogP contribution in [0.5, 0.6) is 0 Å². The standard InChI is InChI=1S/C19H15N5O5/c25-16-10-13(11-23(16)14-6-2-1-3-7-14)18-21-22-19(29-18)20-17(26)12-5-4-8-15(9-12)24(27)28/h1-9,13H,10-11H2,(H,20,22,26). The van der Waals surface area contributed by atoms with E-state index in [9.17, 15) is 19.7 Å². The molecule has 146 valence electrons. The van der Waals surface area contributed by atoms with E-state index in [2.05, 4.69) is 15.5 Å². The van der Waals surface area contributed by atoms with Crippen LogP contribution in [-0.4, -0.2) is 33.5 Å². The van der Waals surface area contributed by atoms with Crippen molar-refractivity contribution in [3.05, 3.63) is 76.2 Å². The molecular formula is C19H15N5O5. The summed E-state index contributed by atoms with van der Waals surface area (Å²) in [4.78, 5) is 36.5. The van der Waals surface area contributed by atoms with Gasteiger partial charge >= 0.3 is 6.01 Å². The zero-order valence-corrected chi connectivity index (χ0v) is 15.0. The Morgan fingerprint density at radius 1 is 1.17 bits per heavy atom. The first-order valence-electron chi connectivity index (χ1n) is 8.76. The maximum Gasteiger partial charge on any atom is 0.322 e. The van der Waals surface area contributed by atoms with Gasteiger partial charge in [0, 0.05) is 36.3 Å². The van der Waals surface area contributed by atoms with Crippen LogP contribution in [-0.2, 0) is 4.79 Å². The number of para-hydroxylation sites is 1. The molecule has 3 aromatic rings. The Balaban J connectivity index is 1.45. The van der Waals surface area contributed by atoms with Gasteiger partial charge in [0.15, 0.2) is 0 Å². The molecule has 1 saturated heterocycles. The molecule has 10 nitrogen and oxygen atoms in total. The molecule has 0 saturated carbocycles. The number of nitrogens with one attached hydrogen (secondary N) is 1. The highest BCUT2D eigenvalue weighted by molar-refractivity contribution is 6.03. The highest BCUT2D eigenvalue weighted by atomic mass is 16.6. The smallest absolute Gasteiger partial charge is 0.322 e. The van der Waals surface area contributed by atoms with Gasteiger partial charge < -0.3 is 9.32 Å². The zero-order chi connectivity index (χ0) is 20.4. The van der Waals surface area contributed by atoms with Crippen LogP contribution < -0.4 is 10.2 Å². The van der Waals surface area contributed by atoms with E-state index < -0.39 is 10.8 Å². The number of carbonyl (C=O) groups excluding carboxylic acids is 2. The first-order chi connectivity index (χ1) is 14.0. The summed E-state index contributed by atoms with van der Waals surface area (Å²) in [6.45, 7) is 0.392. The molecular weight excluding hydrogens is 378 g/mol. The van der Waals surface area contributed by atoms with E-state index in [1.807, 2.05) is 30.3 Å². The molecule has 1 aliphatic rings. The third-order valence-electron chi connectivity index (χ3n) is 4.52. The molecule has 10 heteroatoms. The van der Waals surface area contributed by atoms with Crippen molar-refractivity contribution in [1.29, 1.82) is 0 Å². The molecule has 0 spiro atoms. The highest BCUT2D eigenvalue weighted by Crippen LogP contribution is 2.31. The van der Waals surface area contributed by atoms with Gasteiger partial charge in [0.25, 0.3) is 11.6 Å². The quantitative estimate of drug-likeness (QED) is 0.521. The number of non-ortho nitro benzene ring substituents is 1. The minimum Gasteiger partial charge on any atom is -0.407 e. The van der Waals surface area contributed by atoms with Gasteiger partial charge in [-0.15, -0.1) is 5.10 Å². The van der Waals surface area contributed by atoms with Gasteiger partial charge in [-0.25, -0.2) is 0 Å². The number of hydrogen-bond acceptors (Lipinski definition) is 7. The normalized spacial score (nSPS) is 16.1. The summed E-state index contributed by atoms with van der Waals surface area (Å²) < 4.78 is 5.50. The predicted molar refractivity (Wildman–Crippen MR) is 102 cm³/mol. The van der Waals surface area contributed by atoms with Crippen LogP contribution in [0.15, 0.2) is 59.0 Å². The Morgan fingerprint density at radius 3 is 2.72 bits per heavy atom. The second kappa shape index (κ2) is 7.50. The lowest BCUT2D eigenvalue weighted by Crippen LogP contribution is -2.24. The SMILES string of the molecule is O=C(Nc1nnc(C2CC(=O)N(c3ccccc3)C2)o1)c1cccc([N+](=O)[O-])c1. The topological polar surface area (TPSA) is 131 Å². The first-order valence-corrected chi connectivity index (χ1v) is 8.76. The summed E-state index contributed by atoms with van der Waals surface area (Å²) in [5.74, 6) is -0.719. The third-order valence-corrected chi connectivity index (χ3v) is 4.52. The Hall–Kier alpha value is -4.08. The van der Waals surface area contributed by atoms with Crippen molar-refractivity contribution in [3.8, 4) is 0 Å². The van der Waals surface area contributed by atoms with E-state index in [0.29, 0.717) is 6.54 Å². The largest absolute Gasteiger partial charge is 0.407 e. The van der Waals surface area contributed by atoms with Crippen molar-refractivity contribution in [3.63, 3.8) is 0 Å². The molecule has 1 aromatic heterocycles. The van der Waals surface area contributed by atoms with Crippen molar-refractivity contribution in [2.24, 2.45) is 0 Å². The monoisotopic (exact) mass is 393 g/mol. The minimum atomic E-state index is -0.614. The maximum absolute atomic E-state index is 12.3. The van der Waals surface area contributed by atoms with Gasteiger partial charge in [0.2, 0.25) is 11.8 Å². The van der Waals surface area contributed by atoms with Crippen LogP contribution in [0.25, 0.3) is 0 Å².